The Bertz CT molecular complexity index is 302. The van der Waals surface area contributed by atoms with E-state index in [2.05, 4.69) is 20.9 Å². The van der Waals surface area contributed by atoms with Crippen LogP contribution in [0.25, 0.3) is 0 Å². The number of hydroxylamine groups is 1. The molecule has 1 fully saturated rings. The number of hydrogen-bond acceptors (Lipinski definition) is 5. The summed E-state index contributed by atoms with van der Waals surface area (Å²) in [6.07, 6.45) is 4.67. The molecule has 0 aliphatic carbocycles. The number of carbonyl (C=O) groups excluding carboxylic acids is 1. The maximum absolute atomic E-state index is 9.95. The summed E-state index contributed by atoms with van der Waals surface area (Å²) in [7, 11) is 0. The second-order valence-corrected chi connectivity index (χ2v) is 3.42. The minimum Gasteiger partial charge on any atom is -0.309 e. The lowest BCUT2D eigenvalue weighted by molar-refractivity contribution is -0.121. The molecule has 1 aromatic rings. The van der Waals surface area contributed by atoms with Crippen LogP contribution in [0.4, 0.5) is 0 Å². The van der Waals surface area contributed by atoms with Crippen LogP contribution in [0.5, 0.6) is 0 Å². The van der Waals surface area contributed by atoms with Gasteiger partial charge in [-0.25, -0.2) is 15.1 Å². The Morgan fingerprint density at radius 3 is 3.40 bits per heavy atom. The SMILES string of the molecule is O=CNOC[C@@H]1C[C@H](n2cncn2)CN1. The lowest BCUT2D eigenvalue weighted by Gasteiger charge is -2.09. The number of carbonyl (C=O) groups is 1. The summed E-state index contributed by atoms with van der Waals surface area (Å²) in [4.78, 5) is 18.8. The first kappa shape index (κ1) is 10.1. The molecular formula is C8H13N5O2. The predicted octanol–water partition coefficient (Wildman–Crippen LogP) is -1.14. The number of nitrogens with zero attached hydrogens (tertiary/aromatic N) is 3. The molecule has 7 heteroatoms. The van der Waals surface area contributed by atoms with Crippen molar-refractivity contribution in [3.63, 3.8) is 0 Å². The molecule has 0 radical (unpaired) electrons. The third-order valence-corrected chi connectivity index (χ3v) is 2.43. The van der Waals surface area contributed by atoms with Gasteiger partial charge in [-0.15, -0.1) is 0 Å². The van der Waals surface area contributed by atoms with Crippen molar-refractivity contribution in [1.82, 2.24) is 25.6 Å². The Labute approximate surface area is 86.8 Å². The van der Waals surface area contributed by atoms with E-state index in [-0.39, 0.29) is 6.04 Å². The van der Waals surface area contributed by atoms with Gasteiger partial charge in [0.15, 0.2) is 0 Å². The fourth-order valence-corrected chi connectivity index (χ4v) is 1.71. The highest BCUT2D eigenvalue weighted by Crippen LogP contribution is 2.17. The van der Waals surface area contributed by atoms with Crippen molar-refractivity contribution in [2.75, 3.05) is 13.2 Å². The van der Waals surface area contributed by atoms with Gasteiger partial charge in [-0.05, 0) is 6.42 Å². The van der Waals surface area contributed by atoms with Gasteiger partial charge in [-0.3, -0.25) is 9.63 Å². The van der Waals surface area contributed by atoms with E-state index in [1.807, 2.05) is 4.68 Å². The monoisotopic (exact) mass is 211 g/mol. The van der Waals surface area contributed by atoms with E-state index >= 15 is 0 Å². The zero-order chi connectivity index (χ0) is 10.5. The molecule has 2 atom stereocenters. The van der Waals surface area contributed by atoms with Crippen molar-refractivity contribution in [1.29, 1.82) is 0 Å². The van der Waals surface area contributed by atoms with Gasteiger partial charge in [0.25, 0.3) is 0 Å². The largest absolute Gasteiger partial charge is 0.309 e. The fourth-order valence-electron chi connectivity index (χ4n) is 1.71. The second kappa shape index (κ2) is 4.85. The first-order chi connectivity index (χ1) is 7.40. The molecule has 1 amide bonds. The first-order valence-corrected chi connectivity index (χ1v) is 4.78. The van der Waals surface area contributed by atoms with Crippen LogP contribution in [0.3, 0.4) is 0 Å². The van der Waals surface area contributed by atoms with E-state index in [4.69, 9.17) is 4.84 Å². The van der Waals surface area contributed by atoms with Gasteiger partial charge in [-0.1, -0.05) is 0 Å². The highest BCUT2D eigenvalue weighted by molar-refractivity contribution is 5.43. The average Bonchev–Trinajstić information content (AvgIpc) is 2.87. The van der Waals surface area contributed by atoms with Crippen LogP contribution >= 0.6 is 0 Å². The normalized spacial score (nSPS) is 25.3. The number of rotatable bonds is 5. The highest BCUT2D eigenvalue weighted by Gasteiger charge is 2.25. The van der Waals surface area contributed by atoms with Crippen molar-refractivity contribution >= 4 is 6.41 Å². The van der Waals surface area contributed by atoms with Crippen LogP contribution in [-0.4, -0.2) is 40.4 Å². The Kier molecular flexibility index (Phi) is 3.25. The molecule has 2 N–H and O–H groups in total. The highest BCUT2D eigenvalue weighted by atomic mass is 16.6. The lowest BCUT2D eigenvalue weighted by atomic mass is 10.2. The molecule has 1 aliphatic heterocycles. The molecule has 1 aromatic heterocycles. The van der Waals surface area contributed by atoms with Gasteiger partial charge >= 0.3 is 0 Å². The molecule has 0 bridgehead atoms. The molecule has 7 nitrogen and oxygen atoms in total. The third kappa shape index (κ3) is 2.51. The molecule has 2 rings (SSSR count). The first-order valence-electron chi connectivity index (χ1n) is 4.78. The summed E-state index contributed by atoms with van der Waals surface area (Å²) in [6, 6.07) is 0.559. The predicted molar refractivity (Wildman–Crippen MR) is 50.6 cm³/mol. The standard InChI is InChI=1S/C8H13N5O2/c14-6-12-15-3-7-1-8(2-10-7)13-5-9-4-11-13/h4-8,10H,1-3H2,(H,12,14)/t7-,8-/m0/s1. The average molecular weight is 211 g/mol. The zero-order valence-corrected chi connectivity index (χ0v) is 8.17. The summed E-state index contributed by atoms with van der Waals surface area (Å²) in [5.41, 5.74) is 2.17. The second-order valence-electron chi connectivity index (χ2n) is 3.42. The van der Waals surface area contributed by atoms with Crippen LogP contribution in [0.1, 0.15) is 12.5 Å². The summed E-state index contributed by atoms with van der Waals surface area (Å²) in [5, 5.41) is 7.37. The Morgan fingerprint density at radius 1 is 1.73 bits per heavy atom. The topological polar surface area (TPSA) is 81.1 Å². The van der Waals surface area contributed by atoms with Crippen LogP contribution in [0.2, 0.25) is 0 Å². The summed E-state index contributed by atoms with van der Waals surface area (Å²) >= 11 is 0. The van der Waals surface area contributed by atoms with E-state index < -0.39 is 0 Å². The van der Waals surface area contributed by atoms with Crippen LogP contribution in [0, 0.1) is 0 Å². The van der Waals surface area contributed by atoms with E-state index in [0.717, 1.165) is 13.0 Å². The maximum atomic E-state index is 9.95. The summed E-state index contributed by atoms with van der Waals surface area (Å²) in [6.45, 7) is 1.31. The van der Waals surface area contributed by atoms with E-state index in [9.17, 15) is 4.79 Å². The molecule has 82 valence electrons. The molecule has 2 heterocycles. The molecule has 1 aliphatic rings. The molecule has 15 heavy (non-hydrogen) atoms. The number of amides is 1. The van der Waals surface area contributed by atoms with Crippen molar-refractivity contribution in [2.45, 2.75) is 18.5 Å². The zero-order valence-electron chi connectivity index (χ0n) is 8.17. The van der Waals surface area contributed by atoms with Crippen molar-refractivity contribution in [3.8, 4) is 0 Å². The van der Waals surface area contributed by atoms with Gasteiger partial charge < -0.3 is 5.32 Å². The quantitative estimate of drug-likeness (QED) is 0.365. The van der Waals surface area contributed by atoms with Crippen LogP contribution in [0.15, 0.2) is 12.7 Å². The minimum absolute atomic E-state index is 0.242. The summed E-state index contributed by atoms with van der Waals surface area (Å²) < 4.78 is 1.83. The van der Waals surface area contributed by atoms with Gasteiger partial charge in [0.05, 0.1) is 12.6 Å². The molecule has 1 saturated heterocycles. The molecule has 0 spiro atoms. The minimum atomic E-state index is 0.242. The lowest BCUT2D eigenvalue weighted by Crippen LogP contribution is -2.29. The Morgan fingerprint density at radius 2 is 2.67 bits per heavy atom. The van der Waals surface area contributed by atoms with E-state index in [0.29, 0.717) is 19.1 Å². The number of aromatic nitrogens is 3. The molecule has 0 aromatic carbocycles. The molecule has 0 saturated carbocycles. The number of nitrogens with one attached hydrogen (secondary N) is 2. The van der Waals surface area contributed by atoms with E-state index in [1.165, 1.54) is 6.33 Å². The third-order valence-electron chi connectivity index (χ3n) is 2.43. The smallest absolute Gasteiger partial charge is 0.230 e. The summed E-state index contributed by atoms with van der Waals surface area (Å²) in [5.74, 6) is 0. The van der Waals surface area contributed by atoms with Crippen molar-refractivity contribution < 1.29 is 9.63 Å². The van der Waals surface area contributed by atoms with Crippen molar-refractivity contribution in [2.24, 2.45) is 0 Å². The van der Waals surface area contributed by atoms with Gasteiger partial charge in [0, 0.05) is 12.6 Å². The Hall–Kier alpha value is -1.47. The maximum Gasteiger partial charge on any atom is 0.230 e. The van der Waals surface area contributed by atoms with E-state index in [1.54, 1.807) is 6.33 Å². The molecular weight excluding hydrogens is 198 g/mol. The van der Waals surface area contributed by atoms with Crippen LogP contribution in [-0.2, 0) is 9.63 Å². The molecule has 0 unspecified atom stereocenters. The van der Waals surface area contributed by atoms with Crippen molar-refractivity contribution in [3.05, 3.63) is 12.7 Å². The van der Waals surface area contributed by atoms with Gasteiger partial charge in [0.1, 0.15) is 12.7 Å². The fraction of sp³-hybridized carbons (Fsp3) is 0.625. The number of hydrogen-bond donors (Lipinski definition) is 2. The Balaban J connectivity index is 1.77. The van der Waals surface area contributed by atoms with Crippen LogP contribution < -0.4 is 10.8 Å². The van der Waals surface area contributed by atoms with Gasteiger partial charge in [-0.2, -0.15) is 5.10 Å². The van der Waals surface area contributed by atoms with Gasteiger partial charge in [0.2, 0.25) is 6.41 Å².